The highest BCUT2D eigenvalue weighted by Crippen LogP contribution is 2.27. The van der Waals surface area contributed by atoms with Gasteiger partial charge < -0.3 is 9.80 Å². The van der Waals surface area contributed by atoms with Crippen LogP contribution in [0.25, 0.3) is 10.4 Å². The summed E-state index contributed by atoms with van der Waals surface area (Å²) in [6.07, 6.45) is 3.29. The predicted molar refractivity (Wildman–Crippen MR) is 123 cm³/mol. The number of hydrogen-bond acceptors (Lipinski definition) is 4. The maximum Gasteiger partial charge on any atom is 0.274 e. The van der Waals surface area contributed by atoms with E-state index in [2.05, 4.69) is 41.7 Å². The van der Waals surface area contributed by atoms with Gasteiger partial charge in [-0.1, -0.05) is 37.3 Å². The summed E-state index contributed by atoms with van der Waals surface area (Å²) in [4.78, 5) is 31.3. The summed E-state index contributed by atoms with van der Waals surface area (Å²) in [5, 5.41) is 6.34. The number of aromatic nitrogens is 2. The lowest BCUT2D eigenvalue weighted by molar-refractivity contribution is -0.134. The van der Waals surface area contributed by atoms with E-state index in [1.54, 1.807) is 40.2 Å². The molecule has 0 spiro atoms. The average Bonchev–Trinajstić information content (AvgIpc) is 3.43. The van der Waals surface area contributed by atoms with E-state index in [4.69, 9.17) is 0 Å². The molecule has 0 aliphatic carbocycles. The van der Waals surface area contributed by atoms with Gasteiger partial charge in [-0.2, -0.15) is 5.10 Å². The fraction of sp³-hybridized carbons (Fsp3) is 0.375. The van der Waals surface area contributed by atoms with Crippen molar-refractivity contribution in [2.75, 3.05) is 26.2 Å². The van der Waals surface area contributed by atoms with Crippen LogP contribution >= 0.6 is 11.3 Å². The van der Waals surface area contributed by atoms with Crippen molar-refractivity contribution in [3.8, 4) is 10.4 Å². The lowest BCUT2D eigenvalue weighted by Gasteiger charge is -2.23. The predicted octanol–water partition coefficient (Wildman–Crippen LogP) is 3.70. The number of rotatable bonds is 6. The Kier molecular flexibility index (Phi) is 6.51. The molecule has 1 aliphatic heterocycles. The van der Waals surface area contributed by atoms with Crippen LogP contribution in [0.4, 0.5) is 0 Å². The molecule has 2 aromatic heterocycles. The number of carbonyl (C=O) groups is 2. The Morgan fingerprint density at radius 2 is 2.06 bits per heavy atom. The molecule has 2 amide bonds. The molecule has 4 rings (SSSR count). The van der Waals surface area contributed by atoms with Gasteiger partial charge in [-0.05, 0) is 41.5 Å². The lowest BCUT2D eigenvalue weighted by atomic mass is 9.96. The Morgan fingerprint density at radius 3 is 2.77 bits per heavy atom. The van der Waals surface area contributed by atoms with Crippen LogP contribution < -0.4 is 0 Å². The SMILES string of the molecule is CCCN1CCN(C(=O)c2ccn(C)n2)C[C@@H](Cc2cccc(-c3cccs3)c2)C1=O. The molecule has 1 atom stereocenters. The second-order valence-corrected chi connectivity index (χ2v) is 8.98. The van der Waals surface area contributed by atoms with Gasteiger partial charge in [0.05, 0.1) is 5.92 Å². The molecular weight excluding hydrogens is 408 g/mol. The molecule has 6 nitrogen and oxygen atoms in total. The molecule has 1 fully saturated rings. The van der Waals surface area contributed by atoms with Crippen molar-refractivity contribution >= 4 is 23.2 Å². The lowest BCUT2D eigenvalue weighted by Crippen LogP contribution is -2.38. The van der Waals surface area contributed by atoms with Crippen LogP contribution in [0.1, 0.15) is 29.4 Å². The zero-order valence-corrected chi connectivity index (χ0v) is 18.8. The molecule has 3 aromatic rings. The van der Waals surface area contributed by atoms with Gasteiger partial charge in [-0.15, -0.1) is 11.3 Å². The van der Waals surface area contributed by atoms with E-state index in [1.807, 2.05) is 17.0 Å². The van der Waals surface area contributed by atoms with E-state index in [1.165, 1.54) is 10.4 Å². The first-order valence-electron chi connectivity index (χ1n) is 10.8. The highest BCUT2D eigenvalue weighted by atomic mass is 32.1. The van der Waals surface area contributed by atoms with Gasteiger partial charge in [0.1, 0.15) is 5.69 Å². The van der Waals surface area contributed by atoms with Crippen LogP contribution in [0.2, 0.25) is 0 Å². The summed E-state index contributed by atoms with van der Waals surface area (Å²) in [5.41, 5.74) is 2.71. The Bertz CT molecular complexity index is 1040. The molecule has 0 N–H and O–H groups in total. The summed E-state index contributed by atoms with van der Waals surface area (Å²) >= 11 is 1.71. The smallest absolute Gasteiger partial charge is 0.274 e. The van der Waals surface area contributed by atoms with E-state index >= 15 is 0 Å². The molecule has 1 aliphatic rings. The molecule has 0 unspecified atom stereocenters. The summed E-state index contributed by atoms with van der Waals surface area (Å²) in [5.74, 6) is -0.232. The normalized spacial score (nSPS) is 17.1. The number of nitrogens with zero attached hydrogens (tertiary/aromatic N) is 4. The van der Waals surface area contributed by atoms with Crippen LogP contribution in [-0.2, 0) is 18.3 Å². The molecule has 7 heteroatoms. The molecule has 1 saturated heterocycles. The number of benzene rings is 1. The van der Waals surface area contributed by atoms with E-state index in [9.17, 15) is 9.59 Å². The van der Waals surface area contributed by atoms with Crippen molar-refractivity contribution in [1.82, 2.24) is 19.6 Å². The number of thiophene rings is 1. The van der Waals surface area contributed by atoms with E-state index in [-0.39, 0.29) is 17.7 Å². The van der Waals surface area contributed by atoms with Crippen molar-refractivity contribution < 1.29 is 9.59 Å². The van der Waals surface area contributed by atoms with Crippen LogP contribution in [0, 0.1) is 5.92 Å². The van der Waals surface area contributed by atoms with Gasteiger partial charge in [-0.3, -0.25) is 14.3 Å². The molecule has 0 saturated carbocycles. The van der Waals surface area contributed by atoms with E-state index in [0.717, 1.165) is 18.5 Å². The van der Waals surface area contributed by atoms with E-state index in [0.29, 0.717) is 31.7 Å². The van der Waals surface area contributed by atoms with Crippen molar-refractivity contribution in [3.63, 3.8) is 0 Å². The average molecular weight is 437 g/mol. The molecule has 1 aromatic carbocycles. The maximum absolute atomic E-state index is 13.3. The van der Waals surface area contributed by atoms with Gasteiger partial charge >= 0.3 is 0 Å². The second-order valence-electron chi connectivity index (χ2n) is 8.03. The number of amides is 2. The van der Waals surface area contributed by atoms with Crippen LogP contribution in [0.15, 0.2) is 54.0 Å². The number of carbonyl (C=O) groups excluding carboxylic acids is 2. The minimum Gasteiger partial charge on any atom is -0.341 e. The third kappa shape index (κ3) is 4.88. The third-order valence-electron chi connectivity index (χ3n) is 5.67. The maximum atomic E-state index is 13.3. The molecule has 0 radical (unpaired) electrons. The minimum absolute atomic E-state index is 0.107. The van der Waals surface area contributed by atoms with Crippen molar-refractivity contribution in [2.45, 2.75) is 19.8 Å². The van der Waals surface area contributed by atoms with Gasteiger partial charge in [0.15, 0.2) is 0 Å². The van der Waals surface area contributed by atoms with Gasteiger partial charge in [0.25, 0.3) is 5.91 Å². The monoisotopic (exact) mass is 436 g/mol. The fourth-order valence-corrected chi connectivity index (χ4v) is 4.87. The Morgan fingerprint density at radius 1 is 1.19 bits per heavy atom. The van der Waals surface area contributed by atoms with Crippen molar-refractivity contribution in [2.24, 2.45) is 13.0 Å². The first-order chi connectivity index (χ1) is 15.0. The summed E-state index contributed by atoms with van der Waals surface area (Å²) < 4.78 is 1.63. The second kappa shape index (κ2) is 9.47. The van der Waals surface area contributed by atoms with Crippen molar-refractivity contribution in [3.05, 3.63) is 65.3 Å². The summed E-state index contributed by atoms with van der Waals surface area (Å²) in [6.45, 7) is 4.31. The summed E-state index contributed by atoms with van der Waals surface area (Å²) in [6, 6.07) is 14.3. The zero-order chi connectivity index (χ0) is 21.8. The molecule has 0 bridgehead atoms. The number of hydrogen-bond donors (Lipinski definition) is 0. The topological polar surface area (TPSA) is 58.4 Å². The molecule has 162 valence electrons. The van der Waals surface area contributed by atoms with Gasteiger partial charge in [0, 0.05) is 44.3 Å². The Hall–Kier alpha value is -2.93. The largest absolute Gasteiger partial charge is 0.341 e. The first-order valence-corrected chi connectivity index (χ1v) is 11.6. The minimum atomic E-state index is -0.264. The van der Waals surface area contributed by atoms with Crippen LogP contribution in [0.5, 0.6) is 0 Å². The molecular formula is C24H28N4O2S. The fourth-order valence-electron chi connectivity index (χ4n) is 4.14. The van der Waals surface area contributed by atoms with E-state index < -0.39 is 0 Å². The zero-order valence-electron chi connectivity index (χ0n) is 18.0. The Balaban J connectivity index is 1.57. The highest BCUT2D eigenvalue weighted by Gasteiger charge is 2.33. The highest BCUT2D eigenvalue weighted by molar-refractivity contribution is 7.13. The molecule has 3 heterocycles. The van der Waals surface area contributed by atoms with Gasteiger partial charge in [-0.25, -0.2) is 0 Å². The number of aryl methyl sites for hydroxylation is 1. The first kappa shape index (κ1) is 21.3. The Labute approximate surface area is 187 Å². The molecule has 31 heavy (non-hydrogen) atoms. The third-order valence-corrected chi connectivity index (χ3v) is 6.59. The quantitative estimate of drug-likeness (QED) is 0.592. The van der Waals surface area contributed by atoms with Crippen LogP contribution in [0.3, 0.4) is 0 Å². The summed E-state index contributed by atoms with van der Waals surface area (Å²) in [7, 11) is 1.80. The van der Waals surface area contributed by atoms with Crippen LogP contribution in [-0.4, -0.2) is 57.6 Å². The van der Waals surface area contributed by atoms with Gasteiger partial charge in [0.2, 0.25) is 5.91 Å². The van der Waals surface area contributed by atoms with Crippen molar-refractivity contribution in [1.29, 1.82) is 0 Å². The standard InChI is InChI=1S/C24H28N4O2S/c1-3-10-27-12-13-28(24(30)21-9-11-26(2)25-21)17-20(23(27)29)16-18-6-4-7-19(15-18)22-8-5-14-31-22/h4-9,11,14-15,20H,3,10,12-13,16-17H2,1-2H3/t20-/m1/s1.